The van der Waals surface area contributed by atoms with Crippen LogP contribution in [0.2, 0.25) is 10.0 Å². The average Bonchev–Trinajstić information content (AvgIpc) is 3.17. The quantitative estimate of drug-likeness (QED) is 0.228. The summed E-state index contributed by atoms with van der Waals surface area (Å²) in [6.07, 6.45) is 2.61. The van der Waals surface area contributed by atoms with E-state index in [-0.39, 0.29) is 5.71 Å². The Morgan fingerprint density at radius 2 is 1.90 bits per heavy atom. The molecule has 0 spiro atoms. The van der Waals surface area contributed by atoms with Gasteiger partial charge in [-0.05, 0) is 43.3 Å². The second-order valence-corrected chi connectivity index (χ2v) is 7.78. The maximum absolute atomic E-state index is 8.66. The number of anilines is 2. The third kappa shape index (κ3) is 4.15. The number of H-pyrrole nitrogens is 1. The normalized spacial score (nSPS) is 12.0. The summed E-state index contributed by atoms with van der Waals surface area (Å²) >= 11 is 12.5. The Hall–Kier alpha value is -3.29. The number of hydrogen-bond acceptors (Lipinski definition) is 6. The van der Waals surface area contributed by atoms with Crippen molar-refractivity contribution in [2.24, 2.45) is 0 Å². The van der Waals surface area contributed by atoms with Gasteiger partial charge in [-0.1, -0.05) is 23.2 Å². The van der Waals surface area contributed by atoms with E-state index in [0.717, 1.165) is 16.7 Å². The monoisotopic (exact) mass is 454 g/mol. The molecule has 2 aromatic carbocycles. The molecule has 1 unspecified atom stereocenters. The van der Waals surface area contributed by atoms with Crippen LogP contribution in [0.1, 0.15) is 30.0 Å². The van der Waals surface area contributed by atoms with Crippen LogP contribution in [-0.2, 0) is 0 Å². The Labute approximate surface area is 189 Å². The number of hydrogen-bond donors (Lipinski definition) is 4. The Balaban J connectivity index is 1.64. The van der Waals surface area contributed by atoms with Gasteiger partial charge >= 0.3 is 0 Å². The fraction of sp³-hybridized carbons (Fsp3) is 0.136. The van der Waals surface area contributed by atoms with Crippen LogP contribution in [0.5, 0.6) is 5.75 Å². The Morgan fingerprint density at radius 1 is 1.16 bits per heavy atom. The van der Waals surface area contributed by atoms with Crippen LogP contribution < -0.4 is 15.8 Å². The van der Waals surface area contributed by atoms with Crippen LogP contribution in [0.25, 0.3) is 11.0 Å². The summed E-state index contributed by atoms with van der Waals surface area (Å²) < 4.78 is 6.05. The number of nitrogens with zero attached hydrogens (tertiary/aromatic N) is 2. The van der Waals surface area contributed by atoms with Crippen molar-refractivity contribution in [2.75, 3.05) is 18.1 Å². The number of nitrogen functional groups attached to an aromatic ring is 1. The zero-order valence-corrected chi connectivity index (χ0v) is 18.3. The molecule has 1 atom stereocenters. The first-order chi connectivity index (χ1) is 14.9. The van der Waals surface area contributed by atoms with E-state index in [9.17, 15) is 0 Å². The number of nitrogens with two attached hydrogens (primary N) is 1. The van der Waals surface area contributed by atoms with E-state index in [2.05, 4.69) is 20.3 Å². The molecule has 0 fully saturated rings. The molecule has 0 amide bonds. The molecule has 0 radical (unpaired) electrons. The summed E-state index contributed by atoms with van der Waals surface area (Å²) in [5.74, 6) is 0.944. The molecule has 5 N–H and O–H groups in total. The van der Waals surface area contributed by atoms with E-state index >= 15 is 0 Å². The third-order valence-electron chi connectivity index (χ3n) is 4.91. The molecule has 4 aromatic rings. The average molecular weight is 455 g/mol. The Morgan fingerprint density at radius 3 is 2.61 bits per heavy atom. The molecule has 0 aliphatic rings. The topological polar surface area (TPSA) is 113 Å². The highest BCUT2D eigenvalue weighted by Gasteiger charge is 2.18. The van der Waals surface area contributed by atoms with E-state index in [1.807, 2.05) is 32.2 Å². The number of aromatic nitrogens is 3. The zero-order chi connectivity index (χ0) is 22.1. The van der Waals surface area contributed by atoms with E-state index < -0.39 is 6.10 Å². The van der Waals surface area contributed by atoms with Gasteiger partial charge in [0.05, 0.1) is 21.1 Å². The minimum absolute atomic E-state index is 0.165. The fourth-order valence-electron chi connectivity index (χ4n) is 3.31. The van der Waals surface area contributed by atoms with Crippen LogP contribution in [0.4, 0.5) is 11.4 Å². The molecule has 0 aliphatic carbocycles. The van der Waals surface area contributed by atoms with Crippen molar-refractivity contribution in [2.45, 2.75) is 13.0 Å². The summed E-state index contributed by atoms with van der Waals surface area (Å²) in [6.45, 7) is 1.84. The SMILES string of the molecule is CNc1ccc2nc(C(=N)c3cc(OC(C)c4c(Cl)cncc4Cl)ccc3N)[nH]c2c1. The second kappa shape index (κ2) is 8.45. The summed E-state index contributed by atoms with van der Waals surface area (Å²) in [4.78, 5) is 11.7. The van der Waals surface area contributed by atoms with Crippen LogP contribution in [0.3, 0.4) is 0 Å². The molecule has 0 aliphatic heterocycles. The Kier molecular flexibility index (Phi) is 5.71. The number of aromatic amines is 1. The van der Waals surface area contributed by atoms with Gasteiger partial charge in [0.2, 0.25) is 0 Å². The van der Waals surface area contributed by atoms with Crippen molar-refractivity contribution in [3.63, 3.8) is 0 Å². The largest absolute Gasteiger partial charge is 0.486 e. The maximum atomic E-state index is 8.66. The number of ether oxygens (including phenoxy) is 1. The first-order valence-corrected chi connectivity index (χ1v) is 10.2. The lowest BCUT2D eigenvalue weighted by molar-refractivity contribution is 0.227. The van der Waals surface area contributed by atoms with Crippen molar-refractivity contribution in [1.29, 1.82) is 5.41 Å². The molecular formula is C22H20Cl2N6O. The van der Waals surface area contributed by atoms with E-state index in [4.69, 9.17) is 39.1 Å². The predicted octanol–water partition coefficient (Wildman–Crippen LogP) is 5.44. The number of fused-ring (bicyclic) bond motifs is 1. The molecule has 9 heteroatoms. The van der Waals surface area contributed by atoms with Crippen molar-refractivity contribution in [3.05, 3.63) is 75.8 Å². The molecule has 2 heterocycles. The van der Waals surface area contributed by atoms with Crippen molar-refractivity contribution >= 4 is 51.3 Å². The summed E-state index contributed by atoms with van der Waals surface area (Å²) in [5.41, 5.74) is 10.5. The maximum Gasteiger partial charge on any atom is 0.157 e. The highest BCUT2D eigenvalue weighted by molar-refractivity contribution is 6.35. The van der Waals surface area contributed by atoms with Crippen LogP contribution in [0, 0.1) is 5.41 Å². The van der Waals surface area contributed by atoms with Crippen molar-refractivity contribution in [1.82, 2.24) is 15.0 Å². The number of rotatable bonds is 6. The molecule has 4 rings (SSSR count). The van der Waals surface area contributed by atoms with Gasteiger partial charge in [-0.3, -0.25) is 10.4 Å². The van der Waals surface area contributed by atoms with Crippen LogP contribution >= 0.6 is 23.2 Å². The summed E-state index contributed by atoms with van der Waals surface area (Å²) in [7, 11) is 1.85. The smallest absolute Gasteiger partial charge is 0.157 e. The lowest BCUT2D eigenvalue weighted by atomic mass is 10.1. The van der Waals surface area contributed by atoms with Gasteiger partial charge in [0.15, 0.2) is 5.82 Å². The van der Waals surface area contributed by atoms with E-state index in [1.165, 1.54) is 12.4 Å². The first-order valence-electron chi connectivity index (χ1n) is 9.49. The minimum atomic E-state index is -0.431. The molecule has 0 saturated heterocycles. The van der Waals surface area contributed by atoms with Crippen molar-refractivity contribution < 1.29 is 4.74 Å². The van der Waals surface area contributed by atoms with Crippen LogP contribution in [0.15, 0.2) is 48.8 Å². The fourth-order valence-corrected chi connectivity index (χ4v) is 3.98. The lowest BCUT2D eigenvalue weighted by Gasteiger charge is -2.18. The number of halogens is 2. The highest BCUT2D eigenvalue weighted by Crippen LogP contribution is 2.33. The zero-order valence-electron chi connectivity index (χ0n) is 16.8. The molecule has 158 valence electrons. The highest BCUT2D eigenvalue weighted by atomic mass is 35.5. The summed E-state index contributed by atoms with van der Waals surface area (Å²) in [5, 5.41) is 12.6. The van der Waals surface area contributed by atoms with Crippen molar-refractivity contribution in [3.8, 4) is 5.75 Å². The second-order valence-electron chi connectivity index (χ2n) is 6.97. The molecular weight excluding hydrogens is 435 g/mol. The Bertz CT molecular complexity index is 1270. The number of imidazole rings is 1. The predicted molar refractivity (Wildman–Crippen MR) is 126 cm³/mol. The standard InChI is InChI=1S/C22H20Cl2N6O/c1-11(20-15(23)9-28-10-16(20)24)31-13-4-5-17(25)14(8-13)21(26)22-29-18-6-3-12(27-2)7-19(18)30-22/h3-11,26-27H,25H2,1-2H3,(H,29,30). The molecule has 7 nitrogen and oxygen atoms in total. The third-order valence-corrected chi connectivity index (χ3v) is 5.51. The molecule has 2 aromatic heterocycles. The molecule has 0 bridgehead atoms. The van der Waals surface area contributed by atoms with Gasteiger partial charge in [-0.25, -0.2) is 4.98 Å². The van der Waals surface area contributed by atoms with Gasteiger partial charge in [0.1, 0.15) is 17.6 Å². The van der Waals surface area contributed by atoms with E-state index in [0.29, 0.717) is 38.4 Å². The number of nitrogens with one attached hydrogen (secondary N) is 3. The molecule has 31 heavy (non-hydrogen) atoms. The van der Waals surface area contributed by atoms with Gasteiger partial charge in [0.25, 0.3) is 0 Å². The molecule has 0 saturated carbocycles. The summed E-state index contributed by atoms with van der Waals surface area (Å²) in [6, 6.07) is 10.9. The number of benzene rings is 2. The van der Waals surface area contributed by atoms with E-state index in [1.54, 1.807) is 18.2 Å². The van der Waals surface area contributed by atoms with Gasteiger partial charge in [-0.2, -0.15) is 0 Å². The minimum Gasteiger partial charge on any atom is -0.486 e. The first kappa shape index (κ1) is 21.0. The van der Waals surface area contributed by atoms with Gasteiger partial charge < -0.3 is 20.8 Å². The van der Waals surface area contributed by atoms with Gasteiger partial charge in [0, 0.05) is 41.9 Å². The van der Waals surface area contributed by atoms with Gasteiger partial charge in [-0.15, -0.1) is 0 Å². The lowest BCUT2D eigenvalue weighted by Crippen LogP contribution is -2.09. The number of pyridine rings is 1. The van der Waals surface area contributed by atoms with Crippen LogP contribution in [-0.4, -0.2) is 27.7 Å².